The zero-order valence-corrected chi connectivity index (χ0v) is 20.7. The van der Waals surface area contributed by atoms with Crippen molar-refractivity contribution in [3.63, 3.8) is 0 Å². The van der Waals surface area contributed by atoms with Crippen LogP contribution in [-0.2, 0) is 14.8 Å². The second kappa shape index (κ2) is 10.1. The third-order valence-corrected chi connectivity index (χ3v) is 8.30. The van der Waals surface area contributed by atoms with Crippen molar-refractivity contribution < 1.29 is 22.1 Å². The van der Waals surface area contributed by atoms with Crippen molar-refractivity contribution in [2.24, 2.45) is 5.92 Å². The highest BCUT2D eigenvalue weighted by Gasteiger charge is 2.37. The van der Waals surface area contributed by atoms with Crippen LogP contribution in [0.25, 0.3) is 12.2 Å². The summed E-state index contributed by atoms with van der Waals surface area (Å²) < 4.78 is 47.7. The molecule has 35 heavy (non-hydrogen) atoms. The molecule has 2 aromatic carbocycles. The number of anilines is 1. The Morgan fingerprint density at radius 1 is 1.14 bits per heavy atom. The molecule has 1 saturated heterocycles. The third-order valence-electron chi connectivity index (χ3n) is 6.28. The Kier molecular flexibility index (Phi) is 7.18. The fourth-order valence-electron chi connectivity index (χ4n) is 4.14. The van der Waals surface area contributed by atoms with Crippen LogP contribution in [0.2, 0.25) is 0 Å². The lowest BCUT2D eigenvalue weighted by Gasteiger charge is -2.31. The maximum absolute atomic E-state index is 14.0. The van der Waals surface area contributed by atoms with E-state index in [-0.39, 0.29) is 35.3 Å². The first-order valence-electron chi connectivity index (χ1n) is 11.4. The van der Waals surface area contributed by atoms with Gasteiger partial charge in [0.05, 0.1) is 5.92 Å². The van der Waals surface area contributed by atoms with Crippen LogP contribution in [0, 0.1) is 32.5 Å². The van der Waals surface area contributed by atoms with E-state index in [9.17, 15) is 17.6 Å². The average Bonchev–Trinajstić information content (AvgIpc) is 3.22. The standard InChI is InChI=1S/C26H28FN3O4S/c1-17-10-12-22(15-18(17)2)28-26(31)21-8-6-14-30(16-21)35(32,33)25-19(3)29-34-24(25)13-11-20-7-4-5-9-23(20)27/h4-5,7,9-13,15,21H,6,8,14,16H2,1-3H3,(H,28,31)/b13-11+/t21-/m1/s1. The molecule has 184 valence electrons. The molecule has 9 heteroatoms. The Balaban J connectivity index is 1.54. The zero-order valence-electron chi connectivity index (χ0n) is 19.9. The molecule has 0 aliphatic carbocycles. The number of aryl methyl sites for hydroxylation is 3. The number of hydrogen-bond acceptors (Lipinski definition) is 5. The van der Waals surface area contributed by atoms with Crippen LogP contribution in [0.4, 0.5) is 10.1 Å². The molecule has 0 saturated carbocycles. The van der Waals surface area contributed by atoms with Crippen molar-refractivity contribution in [1.29, 1.82) is 0 Å². The molecule has 4 rings (SSSR count). The van der Waals surface area contributed by atoms with Gasteiger partial charge in [-0.1, -0.05) is 29.4 Å². The SMILES string of the molecule is Cc1ccc(NC(=O)[C@@H]2CCCN(S(=O)(=O)c3c(C)noc3/C=C/c3ccccc3F)C2)cc1C. The number of aromatic nitrogens is 1. The fourth-order valence-corrected chi connectivity index (χ4v) is 5.92. The number of amides is 1. The zero-order chi connectivity index (χ0) is 25.2. The smallest absolute Gasteiger partial charge is 0.248 e. The number of sulfonamides is 1. The number of hydrogen-bond donors (Lipinski definition) is 1. The van der Waals surface area contributed by atoms with Gasteiger partial charge in [-0.2, -0.15) is 4.31 Å². The van der Waals surface area contributed by atoms with E-state index in [2.05, 4.69) is 10.5 Å². The number of nitrogens with zero attached hydrogens (tertiary/aromatic N) is 2. The Bertz CT molecular complexity index is 1380. The number of carbonyl (C=O) groups is 1. The molecule has 1 aliphatic rings. The minimum atomic E-state index is -3.99. The van der Waals surface area contributed by atoms with Crippen LogP contribution < -0.4 is 5.32 Å². The molecule has 1 aromatic heterocycles. The van der Waals surface area contributed by atoms with Crippen LogP contribution in [0.15, 0.2) is 51.9 Å². The van der Waals surface area contributed by atoms with Crippen LogP contribution >= 0.6 is 0 Å². The van der Waals surface area contributed by atoms with E-state index in [1.54, 1.807) is 25.1 Å². The van der Waals surface area contributed by atoms with Crippen molar-refractivity contribution >= 4 is 33.8 Å². The normalized spacial score (nSPS) is 17.1. The molecule has 7 nitrogen and oxygen atoms in total. The second-order valence-corrected chi connectivity index (χ2v) is 10.7. The molecule has 0 radical (unpaired) electrons. The van der Waals surface area contributed by atoms with Gasteiger partial charge in [-0.25, -0.2) is 12.8 Å². The Labute approximate surface area is 204 Å². The summed E-state index contributed by atoms with van der Waals surface area (Å²) >= 11 is 0. The number of piperidine rings is 1. The highest BCUT2D eigenvalue weighted by Crippen LogP contribution is 2.30. The Hall–Kier alpha value is -3.30. The van der Waals surface area contributed by atoms with Gasteiger partial charge in [-0.3, -0.25) is 4.79 Å². The minimum Gasteiger partial charge on any atom is -0.355 e. The van der Waals surface area contributed by atoms with E-state index in [0.29, 0.717) is 24.1 Å². The van der Waals surface area contributed by atoms with Crippen LogP contribution in [-0.4, -0.2) is 36.9 Å². The molecule has 2 heterocycles. The van der Waals surface area contributed by atoms with Crippen LogP contribution in [0.1, 0.15) is 41.0 Å². The summed E-state index contributed by atoms with van der Waals surface area (Å²) in [6.45, 7) is 5.86. The minimum absolute atomic E-state index is 0.0208. The molecule has 1 atom stereocenters. The van der Waals surface area contributed by atoms with Gasteiger partial charge in [0, 0.05) is 24.3 Å². The first-order chi connectivity index (χ1) is 16.7. The van der Waals surface area contributed by atoms with Gasteiger partial charge in [0.1, 0.15) is 11.5 Å². The number of benzene rings is 2. The van der Waals surface area contributed by atoms with Gasteiger partial charge < -0.3 is 9.84 Å². The first-order valence-corrected chi connectivity index (χ1v) is 12.9. The summed E-state index contributed by atoms with van der Waals surface area (Å²) in [4.78, 5) is 12.9. The lowest BCUT2D eigenvalue weighted by Crippen LogP contribution is -2.43. The number of rotatable bonds is 6. The molecule has 1 N–H and O–H groups in total. The highest BCUT2D eigenvalue weighted by atomic mass is 32.2. The Morgan fingerprint density at radius 2 is 1.91 bits per heavy atom. The van der Waals surface area contributed by atoms with E-state index in [4.69, 9.17) is 4.52 Å². The lowest BCUT2D eigenvalue weighted by atomic mass is 9.98. The van der Waals surface area contributed by atoms with Gasteiger partial charge in [0.15, 0.2) is 10.7 Å². The Morgan fingerprint density at radius 3 is 2.66 bits per heavy atom. The van der Waals surface area contributed by atoms with E-state index in [1.165, 1.54) is 22.5 Å². The van der Waals surface area contributed by atoms with Gasteiger partial charge in [-0.05, 0) is 75.1 Å². The number of nitrogens with one attached hydrogen (secondary N) is 1. The summed E-state index contributed by atoms with van der Waals surface area (Å²) in [6.07, 6.45) is 3.99. The summed E-state index contributed by atoms with van der Waals surface area (Å²) in [6, 6.07) is 11.8. The maximum Gasteiger partial charge on any atom is 0.248 e. The van der Waals surface area contributed by atoms with E-state index in [1.807, 2.05) is 32.0 Å². The number of carbonyl (C=O) groups excluding carboxylic acids is 1. The van der Waals surface area contributed by atoms with Crippen molar-refractivity contribution in [1.82, 2.24) is 9.46 Å². The van der Waals surface area contributed by atoms with E-state index >= 15 is 0 Å². The van der Waals surface area contributed by atoms with Crippen molar-refractivity contribution in [3.05, 3.63) is 76.4 Å². The highest BCUT2D eigenvalue weighted by molar-refractivity contribution is 7.89. The molecule has 0 spiro atoms. The van der Waals surface area contributed by atoms with Crippen molar-refractivity contribution in [2.45, 2.75) is 38.5 Å². The van der Waals surface area contributed by atoms with Gasteiger partial charge in [-0.15, -0.1) is 0 Å². The topological polar surface area (TPSA) is 92.5 Å². The molecular formula is C26H28FN3O4S. The summed E-state index contributed by atoms with van der Waals surface area (Å²) in [7, 11) is -3.99. The average molecular weight is 498 g/mol. The molecule has 0 unspecified atom stereocenters. The largest absolute Gasteiger partial charge is 0.355 e. The quantitative estimate of drug-likeness (QED) is 0.520. The van der Waals surface area contributed by atoms with Crippen molar-refractivity contribution in [3.8, 4) is 0 Å². The van der Waals surface area contributed by atoms with E-state index < -0.39 is 21.8 Å². The first kappa shape index (κ1) is 24.8. The predicted molar refractivity (Wildman–Crippen MR) is 133 cm³/mol. The molecule has 0 bridgehead atoms. The van der Waals surface area contributed by atoms with E-state index in [0.717, 1.165) is 11.1 Å². The molecule has 1 amide bonds. The monoisotopic (exact) mass is 497 g/mol. The van der Waals surface area contributed by atoms with Crippen LogP contribution in [0.3, 0.4) is 0 Å². The summed E-state index contributed by atoms with van der Waals surface area (Å²) in [5.74, 6) is -1.11. The second-order valence-electron chi connectivity index (χ2n) is 8.81. The van der Waals surface area contributed by atoms with Gasteiger partial charge >= 0.3 is 0 Å². The van der Waals surface area contributed by atoms with Crippen LogP contribution in [0.5, 0.6) is 0 Å². The van der Waals surface area contributed by atoms with Crippen molar-refractivity contribution in [2.75, 3.05) is 18.4 Å². The summed E-state index contributed by atoms with van der Waals surface area (Å²) in [5, 5.41) is 6.75. The lowest BCUT2D eigenvalue weighted by molar-refractivity contribution is -0.120. The summed E-state index contributed by atoms with van der Waals surface area (Å²) in [5.41, 5.74) is 3.38. The molecule has 1 fully saturated rings. The third kappa shape index (κ3) is 5.36. The number of halogens is 1. The maximum atomic E-state index is 14.0. The van der Waals surface area contributed by atoms with Gasteiger partial charge in [0.25, 0.3) is 0 Å². The molecule has 1 aliphatic heterocycles. The molecular weight excluding hydrogens is 469 g/mol. The predicted octanol–water partition coefficient (Wildman–Crippen LogP) is 4.95. The van der Waals surface area contributed by atoms with Gasteiger partial charge in [0.2, 0.25) is 15.9 Å². The molecule has 3 aromatic rings. The fraction of sp³-hybridized carbons (Fsp3) is 0.308.